The molecule has 0 bridgehead atoms. The molecule has 1 N–H and O–H groups in total. The summed E-state index contributed by atoms with van der Waals surface area (Å²) in [7, 11) is 0. The van der Waals surface area contributed by atoms with E-state index in [9.17, 15) is 0 Å². The zero-order valence-corrected chi connectivity index (χ0v) is 11.1. The first-order valence-electron chi connectivity index (χ1n) is 6.28. The second-order valence-electron chi connectivity index (χ2n) is 5.07. The van der Waals surface area contributed by atoms with Gasteiger partial charge in [-0.25, -0.2) is 0 Å². The van der Waals surface area contributed by atoms with Gasteiger partial charge in [0.15, 0.2) is 0 Å². The van der Waals surface area contributed by atoms with Gasteiger partial charge in [0.25, 0.3) is 0 Å². The van der Waals surface area contributed by atoms with Gasteiger partial charge in [0.1, 0.15) is 5.58 Å². The molecule has 0 atom stereocenters. The largest absolute Gasteiger partial charge is 0.464 e. The van der Waals surface area contributed by atoms with E-state index in [0.29, 0.717) is 6.04 Å². The van der Waals surface area contributed by atoms with Crippen molar-refractivity contribution in [3.8, 4) is 0 Å². The summed E-state index contributed by atoms with van der Waals surface area (Å²) in [6.45, 7) is 9.60. The third-order valence-electron chi connectivity index (χ3n) is 3.04. The van der Waals surface area contributed by atoms with Gasteiger partial charge in [-0.3, -0.25) is 0 Å². The lowest BCUT2D eigenvalue weighted by Crippen LogP contribution is -2.24. The van der Waals surface area contributed by atoms with Crippen LogP contribution in [0.3, 0.4) is 0 Å². The quantitative estimate of drug-likeness (QED) is 0.870. The van der Waals surface area contributed by atoms with Crippen molar-refractivity contribution in [1.29, 1.82) is 0 Å². The van der Waals surface area contributed by atoms with E-state index in [-0.39, 0.29) is 0 Å². The van der Waals surface area contributed by atoms with Crippen LogP contribution in [0, 0.1) is 13.8 Å². The topological polar surface area (TPSA) is 25.2 Å². The molecule has 2 aromatic rings. The predicted octanol–water partition coefficient (Wildman–Crippen LogP) is 3.59. The summed E-state index contributed by atoms with van der Waals surface area (Å²) in [5, 5.41) is 4.73. The lowest BCUT2D eigenvalue weighted by Gasteiger charge is -2.07. The third-order valence-corrected chi connectivity index (χ3v) is 3.04. The molecule has 0 amide bonds. The highest BCUT2D eigenvalue weighted by molar-refractivity contribution is 5.85. The lowest BCUT2D eigenvalue weighted by atomic mass is 10.0. The molecular formula is C15H21NO. The Morgan fingerprint density at radius 3 is 2.71 bits per heavy atom. The highest BCUT2D eigenvalue weighted by atomic mass is 16.3. The smallest absolute Gasteiger partial charge is 0.134 e. The van der Waals surface area contributed by atoms with Gasteiger partial charge in [-0.05, 0) is 49.6 Å². The van der Waals surface area contributed by atoms with Crippen molar-refractivity contribution in [2.75, 3.05) is 6.54 Å². The van der Waals surface area contributed by atoms with Crippen LogP contribution in [0.4, 0.5) is 0 Å². The van der Waals surface area contributed by atoms with Gasteiger partial charge in [-0.15, -0.1) is 0 Å². The minimum atomic E-state index is 0.538. The van der Waals surface area contributed by atoms with Crippen molar-refractivity contribution in [3.63, 3.8) is 0 Å². The van der Waals surface area contributed by atoms with Crippen LogP contribution in [0.1, 0.15) is 30.5 Å². The van der Waals surface area contributed by atoms with Crippen molar-refractivity contribution >= 4 is 11.0 Å². The van der Waals surface area contributed by atoms with E-state index < -0.39 is 0 Å². The number of hydrogen-bond donors (Lipinski definition) is 1. The third kappa shape index (κ3) is 2.70. The standard InChI is InChI=1S/C15H21NO/c1-10(2)16-6-5-13-9-17-14-8-11(3)7-12(4)15(13)14/h7-10,16H,5-6H2,1-4H3. The minimum Gasteiger partial charge on any atom is -0.464 e. The minimum absolute atomic E-state index is 0.538. The zero-order valence-electron chi connectivity index (χ0n) is 11.1. The number of fused-ring (bicyclic) bond motifs is 1. The molecule has 0 fully saturated rings. The Labute approximate surface area is 103 Å². The molecule has 1 aromatic heterocycles. The number of benzene rings is 1. The molecule has 0 aliphatic heterocycles. The summed E-state index contributed by atoms with van der Waals surface area (Å²) in [6.07, 6.45) is 2.92. The molecule has 0 radical (unpaired) electrons. The van der Waals surface area contributed by atoms with Crippen molar-refractivity contribution in [1.82, 2.24) is 5.32 Å². The van der Waals surface area contributed by atoms with Gasteiger partial charge in [0.05, 0.1) is 6.26 Å². The van der Waals surface area contributed by atoms with Crippen LogP contribution in [-0.4, -0.2) is 12.6 Å². The van der Waals surface area contributed by atoms with Crippen molar-refractivity contribution in [3.05, 3.63) is 35.1 Å². The van der Waals surface area contributed by atoms with E-state index in [2.05, 4.69) is 45.1 Å². The normalized spacial score (nSPS) is 11.6. The van der Waals surface area contributed by atoms with Crippen molar-refractivity contribution in [2.45, 2.75) is 40.2 Å². The number of aryl methyl sites for hydroxylation is 2. The van der Waals surface area contributed by atoms with Gasteiger partial charge < -0.3 is 9.73 Å². The Hall–Kier alpha value is -1.28. The Morgan fingerprint density at radius 2 is 2.00 bits per heavy atom. The molecule has 2 rings (SSSR count). The van der Waals surface area contributed by atoms with Gasteiger partial charge in [-0.2, -0.15) is 0 Å². The van der Waals surface area contributed by atoms with E-state index in [1.807, 2.05) is 6.26 Å². The summed E-state index contributed by atoms with van der Waals surface area (Å²) in [5.41, 5.74) is 4.90. The molecular weight excluding hydrogens is 210 g/mol. The number of nitrogens with one attached hydrogen (secondary N) is 1. The summed E-state index contributed by atoms with van der Waals surface area (Å²) in [5.74, 6) is 0. The summed E-state index contributed by atoms with van der Waals surface area (Å²) >= 11 is 0. The molecule has 92 valence electrons. The molecule has 0 spiro atoms. The molecule has 2 nitrogen and oxygen atoms in total. The van der Waals surface area contributed by atoms with Crippen LogP contribution < -0.4 is 5.32 Å². The van der Waals surface area contributed by atoms with Crippen LogP contribution in [0.2, 0.25) is 0 Å². The first-order valence-corrected chi connectivity index (χ1v) is 6.28. The average molecular weight is 231 g/mol. The van der Waals surface area contributed by atoms with E-state index in [4.69, 9.17) is 4.42 Å². The van der Waals surface area contributed by atoms with Crippen LogP contribution >= 0.6 is 0 Å². The maximum Gasteiger partial charge on any atom is 0.134 e. The Morgan fingerprint density at radius 1 is 1.24 bits per heavy atom. The van der Waals surface area contributed by atoms with Crippen LogP contribution in [0.5, 0.6) is 0 Å². The Kier molecular flexibility index (Phi) is 3.53. The van der Waals surface area contributed by atoms with Crippen LogP contribution in [0.15, 0.2) is 22.8 Å². The first-order chi connectivity index (χ1) is 8.08. The molecule has 0 aliphatic rings. The monoisotopic (exact) mass is 231 g/mol. The number of hydrogen-bond acceptors (Lipinski definition) is 2. The molecule has 1 aromatic carbocycles. The van der Waals surface area contributed by atoms with Crippen molar-refractivity contribution < 1.29 is 4.42 Å². The maximum atomic E-state index is 5.64. The fourth-order valence-corrected chi connectivity index (χ4v) is 2.31. The SMILES string of the molecule is Cc1cc(C)c2c(CCNC(C)C)coc2c1. The molecule has 2 heteroatoms. The molecule has 17 heavy (non-hydrogen) atoms. The van der Waals surface area contributed by atoms with E-state index in [0.717, 1.165) is 18.5 Å². The highest BCUT2D eigenvalue weighted by Crippen LogP contribution is 2.26. The molecule has 0 saturated carbocycles. The summed E-state index contributed by atoms with van der Waals surface area (Å²) in [6, 6.07) is 4.87. The molecule has 1 heterocycles. The van der Waals surface area contributed by atoms with Gasteiger partial charge in [0.2, 0.25) is 0 Å². The highest BCUT2D eigenvalue weighted by Gasteiger charge is 2.09. The van der Waals surface area contributed by atoms with E-state index in [1.54, 1.807) is 0 Å². The Balaban J connectivity index is 2.24. The molecule has 0 aliphatic carbocycles. The van der Waals surface area contributed by atoms with Gasteiger partial charge >= 0.3 is 0 Å². The Bertz CT molecular complexity index is 511. The van der Waals surface area contributed by atoms with Gasteiger partial charge in [0, 0.05) is 11.4 Å². The van der Waals surface area contributed by atoms with E-state index >= 15 is 0 Å². The molecule has 0 saturated heterocycles. The summed E-state index contributed by atoms with van der Waals surface area (Å²) in [4.78, 5) is 0. The lowest BCUT2D eigenvalue weighted by molar-refractivity contribution is 0.580. The second kappa shape index (κ2) is 4.92. The first kappa shape index (κ1) is 12.2. The number of rotatable bonds is 4. The second-order valence-corrected chi connectivity index (χ2v) is 5.07. The fraction of sp³-hybridized carbons (Fsp3) is 0.467. The zero-order chi connectivity index (χ0) is 12.4. The van der Waals surface area contributed by atoms with Crippen LogP contribution in [-0.2, 0) is 6.42 Å². The van der Waals surface area contributed by atoms with Crippen molar-refractivity contribution in [2.24, 2.45) is 0 Å². The predicted molar refractivity (Wildman–Crippen MR) is 72.5 cm³/mol. The maximum absolute atomic E-state index is 5.64. The number of furan rings is 1. The summed E-state index contributed by atoms with van der Waals surface area (Å²) < 4.78 is 5.64. The average Bonchev–Trinajstić information content (AvgIpc) is 2.60. The fourth-order valence-electron chi connectivity index (χ4n) is 2.31. The van der Waals surface area contributed by atoms with Gasteiger partial charge in [-0.1, -0.05) is 19.9 Å². The van der Waals surface area contributed by atoms with Crippen LogP contribution in [0.25, 0.3) is 11.0 Å². The molecule has 0 unspecified atom stereocenters. The van der Waals surface area contributed by atoms with E-state index in [1.165, 1.54) is 22.1 Å².